The van der Waals surface area contributed by atoms with Gasteiger partial charge in [0, 0.05) is 23.1 Å². The van der Waals surface area contributed by atoms with E-state index < -0.39 is 23.3 Å². The average molecular weight is 423 g/mol. The van der Waals surface area contributed by atoms with Gasteiger partial charge in [-0.1, -0.05) is 32.9 Å². The first-order valence-corrected chi connectivity index (χ1v) is 9.38. The zero-order chi connectivity index (χ0) is 22.8. The molecule has 0 fully saturated rings. The van der Waals surface area contributed by atoms with Crippen LogP contribution in [0.25, 0.3) is 10.9 Å². The van der Waals surface area contributed by atoms with Crippen molar-refractivity contribution < 1.29 is 19.6 Å². The van der Waals surface area contributed by atoms with Gasteiger partial charge in [0.05, 0.1) is 10.4 Å². The molecule has 0 saturated carbocycles. The number of amides is 2. The lowest BCUT2D eigenvalue weighted by molar-refractivity contribution is -0.384. The molecule has 0 atom stereocenters. The van der Waals surface area contributed by atoms with E-state index in [0.717, 1.165) is 5.56 Å². The second kappa shape index (κ2) is 8.34. The minimum atomic E-state index is -0.751. The van der Waals surface area contributed by atoms with E-state index in [9.17, 15) is 24.8 Å². The molecule has 2 aromatic carbocycles. The molecule has 0 saturated heterocycles. The van der Waals surface area contributed by atoms with E-state index in [4.69, 9.17) is 0 Å². The fourth-order valence-corrected chi connectivity index (χ4v) is 2.89. The van der Waals surface area contributed by atoms with Gasteiger partial charge >= 0.3 is 0 Å². The summed E-state index contributed by atoms with van der Waals surface area (Å²) in [5.74, 6) is -1.57. The largest absolute Gasteiger partial charge is 0.493 e. The molecular weight excluding hydrogens is 402 g/mol. The standard InChI is InChI=1S/C21H21N5O5/c1-21(2,3)13-6-4-12(5-7-13)19(28)22-11-17(27)24-25-18-15-10-14(26(30)31)8-9-16(15)23-20(18)29/h4-10,23,29H,11H2,1-3H3,(H,22,28). The Labute approximate surface area is 177 Å². The van der Waals surface area contributed by atoms with Gasteiger partial charge in [0.25, 0.3) is 17.5 Å². The van der Waals surface area contributed by atoms with Gasteiger partial charge in [-0.15, -0.1) is 10.2 Å². The van der Waals surface area contributed by atoms with Crippen LogP contribution in [0.4, 0.5) is 11.4 Å². The van der Waals surface area contributed by atoms with Crippen LogP contribution in [-0.4, -0.2) is 33.4 Å². The van der Waals surface area contributed by atoms with Crippen LogP contribution in [0.2, 0.25) is 0 Å². The molecule has 1 heterocycles. The number of non-ortho nitro benzene ring substituents is 1. The molecule has 3 aromatic rings. The molecule has 0 aliphatic carbocycles. The van der Waals surface area contributed by atoms with E-state index in [0.29, 0.717) is 11.1 Å². The summed E-state index contributed by atoms with van der Waals surface area (Å²) in [6, 6.07) is 11.0. The molecule has 0 spiro atoms. The Balaban J connectivity index is 1.67. The smallest absolute Gasteiger partial charge is 0.283 e. The van der Waals surface area contributed by atoms with Crippen molar-refractivity contribution in [3.05, 3.63) is 63.7 Å². The van der Waals surface area contributed by atoms with Crippen molar-refractivity contribution in [2.45, 2.75) is 26.2 Å². The number of hydrogen-bond donors (Lipinski definition) is 3. The first-order chi connectivity index (χ1) is 14.6. The molecule has 3 rings (SSSR count). The number of H-pyrrole nitrogens is 1. The minimum absolute atomic E-state index is 0.0419. The lowest BCUT2D eigenvalue weighted by atomic mass is 9.87. The third-order valence-corrected chi connectivity index (χ3v) is 4.62. The van der Waals surface area contributed by atoms with Crippen molar-refractivity contribution in [2.24, 2.45) is 10.2 Å². The number of hydrogen-bond acceptors (Lipinski definition) is 6. The number of carbonyl (C=O) groups is 2. The van der Waals surface area contributed by atoms with Crippen molar-refractivity contribution in [1.29, 1.82) is 0 Å². The number of nitrogens with zero attached hydrogens (tertiary/aromatic N) is 3. The zero-order valence-corrected chi connectivity index (χ0v) is 17.2. The molecule has 1 aromatic heterocycles. The molecule has 0 unspecified atom stereocenters. The van der Waals surface area contributed by atoms with Crippen molar-refractivity contribution in [2.75, 3.05) is 6.54 Å². The van der Waals surface area contributed by atoms with Crippen LogP contribution in [0.15, 0.2) is 52.7 Å². The molecule has 3 N–H and O–H groups in total. The topological polar surface area (TPSA) is 150 Å². The van der Waals surface area contributed by atoms with E-state index in [2.05, 4.69) is 41.3 Å². The molecule has 0 bridgehead atoms. The summed E-state index contributed by atoms with van der Waals surface area (Å²) in [4.78, 5) is 37.2. The zero-order valence-electron chi connectivity index (χ0n) is 17.2. The number of rotatable bonds is 5. The van der Waals surface area contributed by atoms with Crippen LogP contribution < -0.4 is 5.32 Å². The minimum Gasteiger partial charge on any atom is -0.493 e. The molecule has 0 aliphatic heterocycles. The van der Waals surface area contributed by atoms with Crippen molar-refractivity contribution in [1.82, 2.24) is 10.3 Å². The molecule has 10 nitrogen and oxygen atoms in total. The third-order valence-electron chi connectivity index (χ3n) is 4.62. The van der Waals surface area contributed by atoms with Gasteiger partial charge < -0.3 is 15.4 Å². The predicted octanol–water partition coefficient (Wildman–Crippen LogP) is 4.12. The summed E-state index contributed by atoms with van der Waals surface area (Å²) in [5.41, 5.74) is 1.54. The summed E-state index contributed by atoms with van der Waals surface area (Å²) in [7, 11) is 0. The molecular formula is C21H21N5O5. The number of azo groups is 1. The van der Waals surface area contributed by atoms with Crippen LogP contribution in [0.5, 0.6) is 5.88 Å². The van der Waals surface area contributed by atoms with Crippen LogP contribution in [-0.2, 0) is 10.2 Å². The second-order valence-corrected chi connectivity index (χ2v) is 7.91. The summed E-state index contributed by atoms with van der Waals surface area (Å²) in [6.07, 6.45) is 0. The third kappa shape index (κ3) is 4.92. The second-order valence-electron chi connectivity index (χ2n) is 7.91. The molecule has 31 heavy (non-hydrogen) atoms. The number of carbonyl (C=O) groups excluding carboxylic acids is 2. The van der Waals surface area contributed by atoms with E-state index in [1.54, 1.807) is 12.1 Å². The summed E-state index contributed by atoms with van der Waals surface area (Å²) in [5, 5.41) is 30.8. The highest BCUT2D eigenvalue weighted by Gasteiger charge is 2.16. The highest BCUT2D eigenvalue weighted by atomic mass is 16.6. The maximum atomic E-state index is 12.2. The molecule has 160 valence electrons. The average Bonchev–Trinajstić information content (AvgIpc) is 3.04. The van der Waals surface area contributed by atoms with Gasteiger partial charge in [-0.2, -0.15) is 0 Å². The summed E-state index contributed by atoms with van der Waals surface area (Å²) >= 11 is 0. The Morgan fingerprint density at radius 3 is 2.45 bits per heavy atom. The number of nitro groups is 1. The maximum Gasteiger partial charge on any atom is 0.283 e. The van der Waals surface area contributed by atoms with Crippen LogP contribution in [0, 0.1) is 10.1 Å². The Morgan fingerprint density at radius 2 is 1.84 bits per heavy atom. The predicted molar refractivity (Wildman–Crippen MR) is 114 cm³/mol. The van der Waals surface area contributed by atoms with E-state index in [-0.39, 0.29) is 28.1 Å². The lowest BCUT2D eigenvalue weighted by Gasteiger charge is -2.18. The fraction of sp³-hybridized carbons (Fsp3) is 0.238. The molecule has 0 aliphatic rings. The van der Waals surface area contributed by atoms with Crippen molar-refractivity contribution >= 4 is 34.1 Å². The number of aromatic nitrogens is 1. The van der Waals surface area contributed by atoms with Gasteiger partial charge in [0.15, 0.2) is 5.69 Å². The fourth-order valence-electron chi connectivity index (χ4n) is 2.89. The van der Waals surface area contributed by atoms with Gasteiger partial charge in [-0.25, -0.2) is 0 Å². The highest BCUT2D eigenvalue weighted by Crippen LogP contribution is 2.37. The Hall–Kier alpha value is -4.08. The van der Waals surface area contributed by atoms with E-state index >= 15 is 0 Å². The normalized spacial score (nSPS) is 11.7. The number of benzene rings is 2. The molecule has 2 amide bonds. The first-order valence-electron chi connectivity index (χ1n) is 9.38. The summed E-state index contributed by atoms with van der Waals surface area (Å²) in [6.45, 7) is 5.80. The van der Waals surface area contributed by atoms with Crippen molar-refractivity contribution in [3.63, 3.8) is 0 Å². The van der Waals surface area contributed by atoms with E-state index in [1.807, 2.05) is 12.1 Å². The van der Waals surface area contributed by atoms with Gasteiger partial charge in [-0.3, -0.25) is 19.7 Å². The maximum absolute atomic E-state index is 12.2. The van der Waals surface area contributed by atoms with Crippen LogP contribution in [0.3, 0.4) is 0 Å². The Kier molecular flexibility index (Phi) is 5.82. The molecule has 10 heteroatoms. The highest BCUT2D eigenvalue weighted by molar-refractivity contribution is 5.97. The van der Waals surface area contributed by atoms with Crippen LogP contribution in [0.1, 0.15) is 36.7 Å². The Bertz CT molecular complexity index is 1190. The molecule has 0 radical (unpaired) electrons. The van der Waals surface area contributed by atoms with Gasteiger partial charge in [-0.05, 0) is 29.2 Å². The van der Waals surface area contributed by atoms with E-state index in [1.165, 1.54) is 18.2 Å². The van der Waals surface area contributed by atoms with Crippen molar-refractivity contribution in [3.8, 4) is 5.88 Å². The number of nitro benzene ring substituents is 1. The number of aromatic hydroxyl groups is 1. The van der Waals surface area contributed by atoms with Gasteiger partial charge in [0.2, 0.25) is 5.88 Å². The number of fused-ring (bicyclic) bond motifs is 1. The monoisotopic (exact) mass is 423 g/mol. The SMILES string of the molecule is CC(C)(C)c1ccc(C(=O)NCC(=O)N=Nc2c(O)[nH]c3ccc([N+](=O)[O-])cc23)cc1. The Morgan fingerprint density at radius 1 is 1.16 bits per heavy atom. The van der Waals surface area contributed by atoms with Crippen LogP contribution >= 0.6 is 0 Å². The lowest BCUT2D eigenvalue weighted by Crippen LogP contribution is -2.28. The first kappa shape index (κ1) is 21.6. The number of aromatic amines is 1. The summed E-state index contributed by atoms with van der Waals surface area (Å²) < 4.78 is 0. The number of nitrogens with one attached hydrogen (secondary N) is 2. The van der Waals surface area contributed by atoms with Gasteiger partial charge in [0.1, 0.15) is 6.54 Å². The quantitative estimate of drug-likeness (QED) is 0.320.